The molecule has 5 heteroatoms. The normalized spacial score (nSPS) is 11.6. The van der Waals surface area contributed by atoms with E-state index in [4.69, 9.17) is 19.9 Å². The van der Waals surface area contributed by atoms with Gasteiger partial charge in [-0.05, 0) is 35.4 Å². The van der Waals surface area contributed by atoms with Crippen LogP contribution >= 0.6 is 0 Å². The lowest BCUT2D eigenvalue weighted by Crippen LogP contribution is -1.96. The zero-order chi connectivity index (χ0) is 29.7. The molecule has 0 fully saturated rings. The number of para-hydroxylation sites is 1. The standard InChI is InChI=1S/C40H25N5/c1-2-11-26(12-3-1)27-20-22-28(23-21-27)39-41-34-18-7-6-17-33(34)37(43-39)30-14-10-13-29(25-30)36-31-15-4-5-16-32(31)38-40(44-36)45-24-9-8-19-35(45)42-38/h1-25H. The number of nitrogens with zero attached hydrogens (tertiary/aromatic N) is 5. The van der Waals surface area contributed by atoms with Crippen LogP contribution in [0.5, 0.6) is 0 Å². The summed E-state index contributed by atoms with van der Waals surface area (Å²) in [5.74, 6) is 0.699. The fourth-order valence-corrected chi connectivity index (χ4v) is 6.23. The zero-order valence-corrected chi connectivity index (χ0v) is 24.2. The Morgan fingerprint density at radius 2 is 1.02 bits per heavy atom. The van der Waals surface area contributed by atoms with Crippen LogP contribution in [0.15, 0.2) is 152 Å². The first-order chi connectivity index (χ1) is 22.3. The maximum atomic E-state index is 5.22. The van der Waals surface area contributed by atoms with Crippen LogP contribution in [0.3, 0.4) is 0 Å². The van der Waals surface area contributed by atoms with Crippen LogP contribution in [0.4, 0.5) is 0 Å². The molecule has 5 aromatic carbocycles. The number of imidazole rings is 1. The van der Waals surface area contributed by atoms with Gasteiger partial charge in [-0.2, -0.15) is 0 Å². The lowest BCUT2D eigenvalue weighted by molar-refractivity contribution is 1.19. The van der Waals surface area contributed by atoms with Crippen molar-refractivity contribution in [3.8, 4) is 45.0 Å². The van der Waals surface area contributed by atoms with Crippen molar-refractivity contribution >= 4 is 38.5 Å². The van der Waals surface area contributed by atoms with Gasteiger partial charge in [-0.15, -0.1) is 0 Å². The second-order valence-corrected chi connectivity index (χ2v) is 11.2. The smallest absolute Gasteiger partial charge is 0.165 e. The molecular weight excluding hydrogens is 550 g/mol. The summed E-state index contributed by atoms with van der Waals surface area (Å²) in [6.07, 6.45) is 2.02. The fourth-order valence-electron chi connectivity index (χ4n) is 6.23. The van der Waals surface area contributed by atoms with E-state index in [1.807, 2.05) is 42.6 Å². The Bertz CT molecular complexity index is 2530. The Labute approximate surface area is 259 Å². The van der Waals surface area contributed by atoms with Gasteiger partial charge in [-0.3, -0.25) is 4.40 Å². The minimum Gasteiger partial charge on any atom is -0.284 e. The van der Waals surface area contributed by atoms with Gasteiger partial charge in [0.15, 0.2) is 11.5 Å². The lowest BCUT2D eigenvalue weighted by Gasteiger charge is -2.12. The number of rotatable bonds is 4. The van der Waals surface area contributed by atoms with Gasteiger partial charge in [0.1, 0.15) is 11.2 Å². The summed E-state index contributed by atoms with van der Waals surface area (Å²) in [6.45, 7) is 0. The third kappa shape index (κ3) is 4.25. The predicted molar refractivity (Wildman–Crippen MR) is 183 cm³/mol. The average Bonchev–Trinajstić information content (AvgIpc) is 3.50. The Balaban J connectivity index is 1.21. The second-order valence-electron chi connectivity index (χ2n) is 11.2. The molecule has 0 aliphatic rings. The van der Waals surface area contributed by atoms with Crippen LogP contribution in [0.25, 0.3) is 83.5 Å². The molecule has 0 radical (unpaired) electrons. The third-order valence-corrected chi connectivity index (χ3v) is 8.42. The first-order valence-electron chi connectivity index (χ1n) is 15.0. The molecule has 210 valence electrons. The molecule has 0 bridgehead atoms. The highest BCUT2D eigenvalue weighted by atomic mass is 15.1. The molecule has 5 nitrogen and oxygen atoms in total. The van der Waals surface area contributed by atoms with E-state index in [0.29, 0.717) is 5.82 Å². The van der Waals surface area contributed by atoms with Crippen LogP contribution in [-0.2, 0) is 0 Å². The average molecular weight is 576 g/mol. The topological polar surface area (TPSA) is 56.0 Å². The van der Waals surface area contributed by atoms with E-state index in [1.165, 1.54) is 5.56 Å². The van der Waals surface area contributed by atoms with Gasteiger partial charge in [0.25, 0.3) is 0 Å². The Morgan fingerprint density at radius 1 is 0.400 bits per heavy atom. The summed E-state index contributed by atoms with van der Waals surface area (Å²) in [5, 5.41) is 3.16. The largest absolute Gasteiger partial charge is 0.284 e. The molecule has 0 saturated heterocycles. The van der Waals surface area contributed by atoms with Crippen molar-refractivity contribution in [1.82, 2.24) is 24.3 Å². The second kappa shape index (κ2) is 10.2. The van der Waals surface area contributed by atoms with Crippen LogP contribution in [0.2, 0.25) is 0 Å². The fraction of sp³-hybridized carbons (Fsp3) is 0. The molecule has 0 amide bonds. The van der Waals surface area contributed by atoms with Crippen molar-refractivity contribution in [2.24, 2.45) is 0 Å². The van der Waals surface area contributed by atoms with Crippen LogP contribution in [-0.4, -0.2) is 24.3 Å². The molecule has 0 N–H and O–H groups in total. The van der Waals surface area contributed by atoms with E-state index < -0.39 is 0 Å². The maximum Gasteiger partial charge on any atom is 0.165 e. The van der Waals surface area contributed by atoms with Crippen molar-refractivity contribution in [1.29, 1.82) is 0 Å². The maximum absolute atomic E-state index is 5.22. The number of benzene rings is 5. The van der Waals surface area contributed by atoms with Gasteiger partial charge in [0.2, 0.25) is 0 Å². The first kappa shape index (κ1) is 25.3. The minimum absolute atomic E-state index is 0.699. The van der Waals surface area contributed by atoms with Crippen molar-refractivity contribution in [2.45, 2.75) is 0 Å². The van der Waals surface area contributed by atoms with Crippen molar-refractivity contribution in [3.63, 3.8) is 0 Å². The SMILES string of the molecule is c1ccc(-c2ccc(-c3nc(-c4cccc(-c5nc6c(nc7ccccn76)c6ccccc56)c4)c4ccccc4n3)cc2)cc1. The van der Waals surface area contributed by atoms with Crippen LogP contribution in [0, 0.1) is 0 Å². The van der Waals surface area contributed by atoms with Crippen LogP contribution < -0.4 is 0 Å². The Morgan fingerprint density at radius 3 is 1.84 bits per heavy atom. The molecule has 0 unspecified atom stereocenters. The van der Waals surface area contributed by atoms with Gasteiger partial charge in [0.05, 0.1) is 16.9 Å². The van der Waals surface area contributed by atoms with Crippen LogP contribution in [0.1, 0.15) is 0 Å². The number of hydrogen-bond donors (Lipinski definition) is 0. The first-order valence-corrected chi connectivity index (χ1v) is 15.0. The van der Waals surface area contributed by atoms with Crippen molar-refractivity contribution in [2.75, 3.05) is 0 Å². The molecule has 0 spiro atoms. The lowest BCUT2D eigenvalue weighted by atomic mass is 9.99. The van der Waals surface area contributed by atoms with E-state index in [2.05, 4.69) is 114 Å². The number of aromatic nitrogens is 5. The molecule has 0 atom stereocenters. The molecule has 9 rings (SSSR count). The Hall–Kier alpha value is -6.20. The summed E-state index contributed by atoms with van der Waals surface area (Å²) in [7, 11) is 0. The van der Waals surface area contributed by atoms with Gasteiger partial charge in [0, 0.05) is 39.0 Å². The van der Waals surface area contributed by atoms with E-state index in [0.717, 1.165) is 72.1 Å². The van der Waals surface area contributed by atoms with Gasteiger partial charge in [-0.1, -0.05) is 121 Å². The predicted octanol–water partition coefficient (Wildman–Crippen LogP) is 9.65. The molecule has 4 heterocycles. The summed E-state index contributed by atoms with van der Waals surface area (Å²) in [4.78, 5) is 20.3. The van der Waals surface area contributed by atoms with E-state index in [-0.39, 0.29) is 0 Å². The van der Waals surface area contributed by atoms with Gasteiger partial charge in [-0.25, -0.2) is 19.9 Å². The van der Waals surface area contributed by atoms with E-state index >= 15 is 0 Å². The molecule has 4 aromatic heterocycles. The van der Waals surface area contributed by atoms with E-state index in [9.17, 15) is 0 Å². The monoisotopic (exact) mass is 575 g/mol. The minimum atomic E-state index is 0.699. The van der Waals surface area contributed by atoms with Gasteiger partial charge < -0.3 is 0 Å². The summed E-state index contributed by atoms with van der Waals surface area (Å²) < 4.78 is 2.06. The number of pyridine rings is 2. The van der Waals surface area contributed by atoms with Gasteiger partial charge >= 0.3 is 0 Å². The zero-order valence-electron chi connectivity index (χ0n) is 24.2. The molecular formula is C40H25N5. The van der Waals surface area contributed by atoms with Crippen molar-refractivity contribution in [3.05, 3.63) is 152 Å². The summed E-state index contributed by atoms with van der Waals surface area (Å²) in [5.41, 5.74) is 10.7. The molecule has 0 saturated carbocycles. The molecule has 9 aromatic rings. The number of hydrogen-bond acceptors (Lipinski definition) is 4. The highest BCUT2D eigenvalue weighted by Crippen LogP contribution is 2.36. The number of fused-ring (bicyclic) bond motifs is 6. The molecule has 0 aliphatic carbocycles. The summed E-state index contributed by atoms with van der Waals surface area (Å²) >= 11 is 0. The highest BCUT2D eigenvalue weighted by molar-refractivity contribution is 6.09. The van der Waals surface area contributed by atoms with Crippen molar-refractivity contribution < 1.29 is 0 Å². The summed E-state index contributed by atoms with van der Waals surface area (Å²) in [6, 6.07) is 50.1. The van der Waals surface area contributed by atoms with E-state index in [1.54, 1.807) is 0 Å². The Kier molecular flexibility index (Phi) is 5.74. The third-order valence-electron chi connectivity index (χ3n) is 8.42. The molecule has 0 aliphatic heterocycles. The quantitative estimate of drug-likeness (QED) is 0.210. The highest BCUT2D eigenvalue weighted by Gasteiger charge is 2.17. The molecule has 45 heavy (non-hydrogen) atoms.